The molecule has 0 spiro atoms. The van der Waals surface area contributed by atoms with Crippen LogP contribution in [0.3, 0.4) is 0 Å². The van der Waals surface area contributed by atoms with Gasteiger partial charge in [0.05, 0.1) is 17.6 Å². The summed E-state index contributed by atoms with van der Waals surface area (Å²) in [5.41, 5.74) is 4.16. The van der Waals surface area contributed by atoms with Crippen LogP contribution in [-0.4, -0.2) is 20.4 Å². The van der Waals surface area contributed by atoms with Crippen LogP contribution in [0, 0.1) is 6.92 Å². The fourth-order valence-corrected chi connectivity index (χ4v) is 3.16. The van der Waals surface area contributed by atoms with E-state index in [4.69, 9.17) is 11.6 Å². The first-order valence-corrected chi connectivity index (χ1v) is 7.78. The van der Waals surface area contributed by atoms with Crippen LogP contribution in [0.4, 0.5) is 0 Å². The molecule has 0 fully saturated rings. The van der Waals surface area contributed by atoms with Crippen LogP contribution in [-0.2, 0) is 13.0 Å². The van der Waals surface area contributed by atoms with E-state index in [1.165, 1.54) is 16.9 Å². The molecule has 3 aromatic rings. The van der Waals surface area contributed by atoms with Crippen molar-refractivity contribution in [2.45, 2.75) is 19.9 Å². The lowest BCUT2D eigenvalue weighted by Crippen LogP contribution is -2.08. The van der Waals surface area contributed by atoms with Crippen molar-refractivity contribution in [3.63, 3.8) is 0 Å². The number of H-pyrrole nitrogens is 1. The summed E-state index contributed by atoms with van der Waals surface area (Å²) in [4.78, 5) is 18.8. The number of para-hydroxylation sites is 1. The molecule has 104 valence electrons. The fourth-order valence-electron chi connectivity index (χ4n) is 2.42. The number of fused-ring (bicyclic) bond motifs is 1. The predicted octanol–water partition coefficient (Wildman–Crippen LogP) is 2.92. The van der Waals surface area contributed by atoms with Crippen LogP contribution in [0.2, 0.25) is 0 Å². The zero-order chi connectivity index (χ0) is 14.1. The van der Waals surface area contributed by atoms with Crippen molar-refractivity contribution in [2.24, 2.45) is 0 Å². The van der Waals surface area contributed by atoms with Crippen molar-refractivity contribution in [3.05, 3.63) is 50.3 Å². The number of hydrogen-bond acceptors (Lipinski definition) is 3. The first-order valence-electron chi connectivity index (χ1n) is 6.36. The molecule has 0 amide bonds. The van der Waals surface area contributed by atoms with Gasteiger partial charge in [0.25, 0.3) is 0 Å². The van der Waals surface area contributed by atoms with Gasteiger partial charge < -0.3 is 9.55 Å². The molecule has 0 radical (unpaired) electrons. The Hall–Kier alpha value is -1.59. The Balaban J connectivity index is 2.15. The number of aromatic amines is 1. The van der Waals surface area contributed by atoms with Crippen molar-refractivity contribution in [1.29, 1.82) is 0 Å². The van der Waals surface area contributed by atoms with E-state index < -0.39 is 0 Å². The van der Waals surface area contributed by atoms with E-state index in [2.05, 4.69) is 27.5 Å². The number of nitrogens with zero attached hydrogens (tertiary/aromatic N) is 2. The minimum Gasteiger partial charge on any atom is -0.322 e. The average Bonchev–Trinajstić information content (AvgIpc) is 2.96. The molecular weight excluding hydrogens is 294 g/mol. The second-order valence-corrected chi connectivity index (χ2v) is 5.89. The first kappa shape index (κ1) is 13.4. The molecule has 0 bridgehead atoms. The van der Waals surface area contributed by atoms with Gasteiger partial charge in [-0.3, -0.25) is 4.79 Å². The molecule has 1 aromatic carbocycles. The summed E-state index contributed by atoms with van der Waals surface area (Å²) in [7, 11) is 0. The summed E-state index contributed by atoms with van der Waals surface area (Å²) in [6, 6.07) is 6.08. The summed E-state index contributed by atoms with van der Waals surface area (Å²) < 4.78 is 2.14. The number of alkyl halides is 1. The maximum absolute atomic E-state index is 11.3. The van der Waals surface area contributed by atoms with E-state index >= 15 is 0 Å². The number of halogens is 1. The minimum absolute atomic E-state index is 0.0277. The van der Waals surface area contributed by atoms with Crippen LogP contribution >= 0.6 is 22.9 Å². The van der Waals surface area contributed by atoms with E-state index in [1.54, 1.807) is 0 Å². The third-order valence-electron chi connectivity index (χ3n) is 3.26. The van der Waals surface area contributed by atoms with Gasteiger partial charge >= 0.3 is 4.87 Å². The highest BCUT2D eigenvalue weighted by Crippen LogP contribution is 2.21. The first-order chi connectivity index (χ1) is 9.69. The molecule has 1 N–H and O–H groups in total. The molecule has 0 unspecified atom stereocenters. The van der Waals surface area contributed by atoms with Crippen LogP contribution in [0.25, 0.3) is 11.0 Å². The van der Waals surface area contributed by atoms with Crippen molar-refractivity contribution >= 4 is 34.0 Å². The largest absolute Gasteiger partial charge is 0.322 e. The lowest BCUT2D eigenvalue weighted by Gasteiger charge is -2.08. The zero-order valence-electron chi connectivity index (χ0n) is 11.0. The van der Waals surface area contributed by atoms with Crippen molar-refractivity contribution in [2.75, 3.05) is 5.88 Å². The summed E-state index contributed by atoms with van der Waals surface area (Å²) in [6.07, 6.45) is 0.712. The lowest BCUT2D eigenvalue weighted by atomic mass is 10.2. The van der Waals surface area contributed by atoms with Gasteiger partial charge in [0.2, 0.25) is 0 Å². The summed E-state index contributed by atoms with van der Waals surface area (Å²) >= 11 is 7.06. The molecule has 0 aliphatic heterocycles. The summed E-state index contributed by atoms with van der Waals surface area (Å²) in [5.74, 6) is 1.49. The van der Waals surface area contributed by atoms with E-state index in [9.17, 15) is 4.79 Å². The van der Waals surface area contributed by atoms with Gasteiger partial charge in [-0.05, 0) is 18.6 Å². The van der Waals surface area contributed by atoms with Gasteiger partial charge in [-0.2, -0.15) is 0 Å². The second kappa shape index (κ2) is 5.42. The number of thiazole rings is 1. The van der Waals surface area contributed by atoms with E-state index in [0.29, 0.717) is 18.8 Å². The molecule has 0 aliphatic carbocycles. The number of nitrogens with one attached hydrogen (secondary N) is 1. The molecule has 4 nitrogen and oxygen atoms in total. The maximum atomic E-state index is 11.3. The Kier molecular flexibility index (Phi) is 3.63. The molecule has 6 heteroatoms. The Morgan fingerprint density at radius 2 is 2.30 bits per heavy atom. The quantitative estimate of drug-likeness (QED) is 0.753. The number of imidazole rings is 1. The number of aromatic nitrogens is 3. The zero-order valence-corrected chi connectivity index (χ0v) is 12.6. The van der Waals surface area contributed by atoms with Crippen molar-refractivity contribution < 1.29 is 0 Å². The second-order valence-electron chi connectivity index (χ2n) is 4.67. The van der Waals surface area contributed by atoms with Crippen molar-refractivity contribution in [3.8, 4) is 0 Å². The number of hydrogen-bond donors (Lipinski definition) is 1. The Bertz CT molecular complexity index is 802. The van der Waals surface area contributed by atoms with Gasteiger partial charge in [-0.15, -0.1) is 11.6 Å². The monoisotopic (exact) mass is 307 g/mol. The SMILES string of the molecule is Cc1cccc2nc(CCCl)n(Cc3csc(=O)[nH]3)c12. The maximum Gasteiger partial charge on any atom is 0.304 e. The minimum atomic E-state index is -0.0277. The lowest BCUT2D eigenvalue weighted by molar-refractivity contribution is 0.739. The standard InChI is InChI=1S/C14H14ClN3OS/c1-9-3-2-4-11-13(9)18(12(17-11)5-6-15)7-10-8-20-14(19)16-10/h2-4,8H,5-7H2,1H3,(H,16,19). The Morgan fingerprint density at radius 3 is 3.00 bits per heavy atom. The third-order valence-corrected chi connectivity index (χ3v) is 4.17. The molecule has 2 heterocycles. The molecule has 0 aliphatic rings. The molecule has 0 saturated carbocycles. The molecule has 0 atom stereocenters. The van der Waals surface area contributed by atoms with Gasteiger partial charge in [-0.25, -0.2) is 4.98 Å². The van der Waals surface area contributed by atoms with Gasteiger partial charge in [-0.1, -0.05) is 23.5 Å². The normalized spacial score (nSPS) is 11.3. The smallest absolute Gasteiger partial charge is 0.304 e. The van der Waals surface area contributed by atoms with Gasteiger partial charge in [0, 0.05) is 23.4 Å². The van der Waals surface area contributed by atoms with E-state index in [0.717, 1.165) is 22.6 Å². The number of rotatable bonds is 4. The molecular formula is C14H14ClN3OS. The molecule has 20 heavy (non-hydrogen) atoms. The van der Waals surface area contributed by atoms with Crippen LogP contribution in [0.5, 0.6) is 0 Å². The van der Waals surface area contributed by atoms with Crippen LogP contribution < -0.4 is 4.87 Å². The highest BCUT2D eigenvalue weighted by atomic mass is 35.5. The number of aryl methyl sites for hydroxylation is 2. The Labute approximate surface area is 125 Å². The predicted molar refractivity (Wildman–Crippen MR) is 82.9 cm³/mol. The third kappa shape index (κ3) is 2.39. The van der Waals surface area contributed by atoms with E-state index in [1.807, 2.05) is 17.5 Å². The van der Waals surface area contributed by atoms with Gasteiger partial charge in [0.15, 0.2) is 0 Å². The van der Waals surface area contributed by atoms with Crippen LogP contribution in [0.15, 0.2) is 28.4 Å². The van der Waals surface area contributed by atoms with Crippen molar-refractivity contribution in [1.82, 2.24) is 14.5 Å². The van der Waals surface area contributed by atoms with E-state index in [-0.39, 0.29) is 4.87 Å². The molecule has 0 saturated heterocycles. The fraction of sp³-hybridized carbons (Fsp3) is 0.286. The van der Waals surface area contributed by atoms with Crippen LogP contribution in [0.1, 0.15) is 17.1 Å². The average molecular weight is 308 g/mol. The highest BCUT2D eigenvalue weighted by molar-refractivity contribution is 7.07. The summed E-state index contributed by atoms with van der Waals surface area (Å²) in [5, 5.41) is 1.86. The summed E-state index contributed by atoms with van der Waals surface area (Å²) in [6.45, 7) is 2.69. The highest BCUT2D eigenvalue weighted by Gasteiger charge is 2.13. The number of benzene rings is 1. The topological polar surface area (TPSA) is 50.7 Å². The molecule has 2 aromatic heterocycles. The van der Waals surface area contributed by atoms with Gasteiger partial charge in [0.1, 0.15) is 5.82 Å². The Morgan fingerprint density at radius 1 is 1.45 bits per heavy atom. The molecule has 3 rings (SSSR count).